The molecule has 0 heterocycles. The maximum Gasteiger partial charge on any atom is 0.338 e. The number of ether oxygens (including phenoxy) is 1. The highest BCUT2D eigenvalue weighted by Gasteiger charge is 2.51. The molecule has 0 spiro atoms. The first kappa shape index (κ1) is 24.7. The lowest BCUT2D eigenvalue weighted by atomic mass is 9.53. The molecule has 0 saturated heterocycles. The van der Waals surface area contributed by atoms with E-state index in [4.69, 9.17) is 4.74 Å². The van der Waals surface area contributed by atoms with Gasteiger partial charge in [0, 0.05) is 18.6 Å². The fourth-order valence-corrected chi connectivity index (χ4v) is 7.91. The first-order valence-corrected chi connectivity index (χ1v) is 13.5. The number of hydrogen-bond acceptors (Lipinski definition) is 6. The number of urea groups is 1. The first-order chi connectivity index (χ1) is 16.1. The number of benzene rings is 1. The number of sulfonamides is 1. The van der Waals surface area contributed by atoms with Gasteiger partial charge in [0.15, 0.2) is 6.61 Å². The van der Waals surface area contributed by atoms with Crippen molar-refractivity contribution in [3.05, 3.63) is 29.8 Å². The fourth-order valence-electron chi connectivity index (χ4n) is 6.41. The van der Waals surface area contributed by atoms with Crippen molar-refractivity contribution in [3.8, 4) is 0 Å². The fraction of sp³-hybridized carbons (Fsp3) is 0.625. The lowest BCUT2D eigenvalue weighted by Crippen LogP contribution is -2.62. The van der Waals surface area contributed by atoms with Gasteiger partial charge in [-0.2, -0.15) is 4.31 Å². The van der Waals surface area contributed by atoms with Crippen molar-refractivity contribution in [2.45, 2.75) is 62.8 Å². The number of nitrogens with one attached hydrogen (secondary N) is 2. The van der Waals surface area contributed by atoms with Crippen molar-refractivity contribution < 1.29 is 27.5 Å². The van der Waals surface area contributed by atoms with Gasteiger partial charge in [0.1, 0.15) is 0 Å². The summed E-state index contributed by atoms with van der Waals surface area (Å²) < 4.78 is 31.7. The summed E-state index contributed by atoms with van der Waals surface area (Å²) in [5.74, 6) is 0.397. The van der Waals surface area contributed by atoms with Gasteiger partial charge in [-0.15, -0.1) is 0 Å². The zero-order valence-corrected chi connectivity index (χ0v) is 20.5. The molecule has 4 aliphatic rings. The highest BCUT2D eigenvalue weighted by molar-refractivity contribution is 7.89. The van der Waals surface area contributed by atoms with Gasteiger partial charge in [0.2, 0.25) is 10.0 Å². The molecule has 2 N–H and O–H groups in total. The third-order valence-corrected chi connectivity index (χ3v) is 9.46. The summed E-state index contributed by atoms with van der Waals surface area (Å²) in [4.78, 5) is 37.1. The molecular formula is C24H33N3O6S. The smallest absolute Gasteiger partial charge is 0.338 e. The summed E-state index contributed by atoms with van der Waals surface area (Å²) in [7, 11) is -3.73. The molecule has 4 fully saturated rings. The van der Waals surface area contributed by atoms with Gasteiger partial charge in [-0.3, -0.25) is 10.1 Å². The van der Waals surface area contributed by atoms with Crippen molar-refractivity contribution in [2.24, 2.45) is 17.8 Å². The van der Waals surface area contributed by atoms with Crippen LogP contribution in [0.15, 0.2) is 29.2 Å². The number of amides is 3. The molecule has 10 heteroatoms. The van der Waals surface area contributed by atoms with E-state index in [1.807, 2.05) is 0 Å². The Balaban J connectivity index is 1.30. The van der Waals surface area contributed by atoms with Crippen molar-refractivity contribution in [1.82, 2.24) is 14.9 Å². The normalized spacial score (nSPS) is 27.4. The second kappa shape index (κ2) is 9.65. The van der Waals surface area contributed by atoms with E-state index < -0.39 is 34.5 Å². The Morgan fingerprint density at radius 1 is 1.03 bits per heavy atom. The van der Waals surface area contributed by atoms with Crippen LogP contribution in [0.3, 0.4) is 0 Å². The average molecular weight is 492 g/mol. The van der Waals surface area contributed by atoms with Crippen LogP contribution >= 0.6 is 0 Å². The molecule has 0 unspecified atom stereocenters. The van der Waals surface area contributed by atoms with Crippen molar-refractivity contribution >= 4 is 27.9 Å². The minimum atomic E-state index is -3.73. The SMILES string of the molecule is CCN(CC)S(=O)(=O)c1cccc(C(=O)OCC(=O)NC(=O)NC23CC4CC(CC(C4)C2)C3)c1. The summed E-state index contributed by atoms with van der Waals surface area (Å²) in [6.45, 7) is 3.44. The summed E-state index contributed by atoms with van der Waals surface area (Å²) in [6.07, 6.45) is 6.62. The number of hydrogen-bond donors (Lipinski definition) is 2. The van der Waals surface area contributed by atoms with Gasteiger partial charge in [-0.25, -0.2) is 18.0 Å². The third kappa shape index (κ3) is 5.12. The number of nitrogens with zero attached hydrogens (tertiary/aromatic N) is 1. The second-order valence-corrected chi connectivity index (χ2v) is 11.8. The van der Waals surface area contributed by atoms with Crippen molar-refractivity contribution in [2.75, 3.05) is 19.7 Å². The molecule has 3 amide bonds. The maximum atomic E-state index is 12.7. The number of rotatable bonds is 8. The van der Waals surface area contributed by atoms with Gasteiger partial charge in [-0.05, 0) is 74.5 Å². The lowest BCUT2D eigenvalue weighted by Gasteiger charge is -2.56. The Morgan fingerprint density at radius 3 is 2.18 bits per heavy atom. The predicted octanol–water partition coefficient (Wildman–Crippen LogP) is 2.67. The molecule has 0 atom stereocenters. The van der Waals surface area contributed by atoms with Crippen LogP contribution in [0.2, 0.25) is 0 Å². The van der Waals surface area contributed by atoms with E-state index >= 15 is 0 Å². The zero-order chi connectivity index (χ0) is 24.5. The van der Waals surface area contributed by atoms with Gasteiger partial charge in [0.05, 0.1) is 10.5 Å². The molecular weight excluding hydrogens is 458 g/mol. The van der Waals surface area contributed by atoms with Crippen molar-refractivity contribution in [3.63, 3.8) is 0 Å². The van der Waals surface area contributed by atoms with Gasteiger partial charge in [0.25, 0.3) is 5.91 Å². The Bertz CT molecular complexity index is 1030. The molecule has 9 nitrogen and oxygen atoms in total. The third-order valence-electron chi connectivity index (χ3n) is 7.42. The van der Waals surface area contributed by atoms with E-state index in [2.05, 4.69) is 10.6 Å². The van der Waals surface area contributed by atoms with Gasteiger partial charge < -0.3 is 10.1 Å². The van der Waals surface area contributed by atoms with Crippen LogP contribution in [0.1, 0.15) is 62.7 Å². The molecule has 0 radical (unpaired) electrons. The highest BCUT2D eigenvalue weighted by atomic mass is 32.2. The number of esters is 1. The molecule has 4 aliphatic carbocycles. The van der Waals surface area contributed by atoms with Crippen LogP contribution in [0.5, 0.6) is 0 Å². The van der Waals surface area contributed by atoms with E-state index in [-0.39, 0.29) is 16.0 Å². The summed E-state index contributed by atoms with van der Waals surface area (Å²) in [6, 6.07) is 4.95. The molecule has 34 heavy (non-hydrogen) atoms. The monoisotopic (exact) mass is 491 g/mol. The van der Waals surface area contributed by atoms with E-state index in [0.29, 0.717) is 30.8 Å². The Labute approximate surface area is 200 Å². The van der Waals surface area contributed by atoms with Crippen LogP contribution in [-0.2, 0) is 19.6 Å². The average Bonchev–Trinajstić information content (AvgIpc) is 2.76. The molecule has 1 aromatic rings. The van der Waals surface area contributed by atoms with Crippen LogP contribution in [0.4, 0.5) is 4.79 Å². The van der Waals surface area contributed by atoms with E-state index in [9.17, 15) is 22.8 Å². The molecule has 0 aromatic heterocycles. The molecule has 1 aromatic carbocycles. The number of carbonyl (C=O) groups is 3. The van der Waals surface area contributed by atoms with Crippen LogP contribution in [0.25, 0.3) is 0 Å². The van der Waals surface area contributed by atoms with E-state index in [1.54, 1.807) is 13.8 Å². The number of imide groups is 1. The Hall–Kier alpha value is -2.46. The van der Waals surface area contributed by atoms with Crippen LogP contribution < -0.4 is 10.6 Å². The molecule has 186 valence electrons. The molecule has 0 aliphatic heterocycles. The van der Waals surface area contributed by atoms with E-state index in [0.717, 1.165) is 19.3 Å². The quantitative estimate of drug-likeness (QED) is 0.539. The van der Waals surface area contributed by atoms with Gasteiger partial charge >= 0.3 is 12.0 Å². The summed E-state index contributed by atoms with van der Waals surface area (Å²) in [5, 5.41) is 5.30. The molecule has 5 rings (SSSR count). The lowest BCUT2D eigenvalue weighted by molar-refractivity contribution is -0.123. The van der Waals surface area contributed by atoms with E-state index in [1.165, 1.54) is 47.8 Å². The van der Waals surface area contributed by atoms with Crippen molar-refractivity contribution in [1.29, 1.82) is 0 Å². The summed E-state index contributed by atoms with van der Waals surface area (Å²) >= 11 is 0. The topological polar surface area (TPSA) is 122 Å². The standard InChI is InChI=1S/C24H33N3O6S/c1-3-27(4-2)34(31,32)20-7-5-6-19(11-20)22(29)33-15-21(28)25-23(30)26-24-12-16-8-17(13-24)10-18(9-16)14-24/h5-7,11,16-18H,3-4,8-10,12-15H2,1-2H3,(H2,25,26,28,30). The molecule has 4 saturated carbocycles. The Morgan fingerprint density at radius 2 is 1.62 bits per heavy atom. The largest absolute Gasteiger partial charge is 0.452 e. The van der Waals surface area contributed by atoms with Crippen LogP contribution in [0, 0.1) is 17.8 Å². The first-order valence-electron chi connectivity index (χ1n) is 12.0. The summed E-state index contributed by atoms with van der Waals surface area (Å²) in [5.41, 5.74) is -0.217. The Kier molecular flexibility index (Phi) is 7.00. The van der Waals surface area contributed by atoms with Crippen LogP contribution in [-0.4, -0.2) is 55.9 Å². The zero-order valence-electron chi connectivity index (χ0n) is 19.7. The predicted molar refractivity (Wildman–Crippen MR) is 124 cm³/mol. The maximum absolute atomic E-state index is 12.7. The van der Waals surface area contributed by atoms with Gasteiger partial charge in [-0.1, -0.05) is 19.9 Å². The minimum Gasteiger partial charge on any atom is -0.452 e. The minimum absolute atomic E-state index is 0.0130. The second-order valence-electron chi connectivity index (χ2n) is 9.89. The molecule has 4 bridgehead atoms. The highest BCUT2D eigenvalue weighted by Crippen LogP contribution is 2.55. The number of carbonyl (C=O) groups excluding carboxylic acids is 3.